The van der Waals surface area contributed by atoms with Crippen LogP contribution in [0.4, 0.5) is 0 Å². The second-order valence-corrected chi connectivity index (χ2v) is 5.23. The molecule has 2 aliphatic heterocycles. The first-order valence-corrected chi connectivity index (χ1v) is 6.73. The summed E-state index contributed by atoms with van der Waals surface area (Å²) in [5.74, 6) is 0. The molecule has 2 rings (SSSR count). The molecule has 2 aliphatic rings. The Hall–Kier alpha value is -0.360. The third-order valence-electron chi connectivity index (χ3n) is 3.84. The van der Waals surface area contributed by atoms with Gasteiger partial charge in [0.2, 0.25) is 0 Å². The molecule has 0 radical (unpaired) electrons. The second kappa shape index (κ2) is 6.82. The van der Waals surface area contributed by atoms with Gasteiger partial charge in [0.15, 0.2) is 12.6 Å². The lowest BCUT2D eigenvalue weighted by Gasteiger charge is -2.41. The minimum absolute atomic E-state index is 0.484. The Morgan fingerprint density at radius 3 is 2.14 bits per heavy atom. The van der Waals surface area contributed by atoms with E-state index in [-0.39, 0.29) is 0 Å². The molecule has 9 nitrogen and oxygen atoms in total. The predicted octanol–water partition coefficient (Wildman–Crippen LogP) is -3.08. The summed E-state index contributed by atoms with van der Waals surface area (Å²) in [5.41, 5.74) is 0. The van der Waals surface area contributed by atoms with E-state index in [0.29, 0.717) is 0 Å². The average Bonchev–Trinajstić information content (AvgIpc) is 2.72. The van der Waals surface area contributed by atoms with Gasteiger partial charge in [0, 0.05) is 7.11 Å². The molecule has 0 saturated carbocycles. The van der Waals surface area contributed by atoms with Gasteiger partial charge in [-0.25, -0.2) is 0 Å². The zero-order valence-corrected chi connectivity index (χ0v) is 11.8. The molecular formula is C12H22O9. The van der Waals surface area contributed by atoms with Gasteiger partial charge >= 0.3 is 0 Å². The van der Waals surface area contributed by atoms with Crippen LogP contribution in [0.2, 0.25) is 0 Å². The van der Waals surface area contributed by atoms with Crippen molar-refractivity contribution in [1.29, 1.82) is 0 Å². The van der Waals surface area contributed by atoms with Crippen LogP contribution in [0.25, 0.3) is 0 Å². The zero-order valence-electron chi connectivity index (χ0n) is 11.8. The lowest BCUT2D eigenvalue weighted by Crippen LogP contribution is -2.59. The van der Waals surface area contributed by atoms with E-state index in [1.807, 2.05) is 0 Å². The molecule has 2 fully saturated rings. The summed E-state index contributed by atoms with van der Waals surface area (Å²) in [4.78, 5) is 0. The van der Waals surface area contributed by atoms with Crippen LogP contribution in [0, 0.1) is 0 Å². The van der Waals surface area contributed by atoms with E-state index in [2.05, 4.69) is 0 Å². The fourth-order valence-electron chi connectivity index (χ4n) is 2.56. The number of aliphatic hydroxyl groups excluding tert-OH is 5. The molecule has 9 heteroatoms. The van der Waals surface area contributed by atoms with Gasteiger partial charge in [0.05, 0.1) is 12.7 Å². The van der Waals surface area contributed by atoms with Crippen molar-refractivity contribution in [2.75, 3.05) is 13.7 Å². The standard InChI is InChI=1S/C12H22O9/c1-4-6(14)9(18-2)8(16)12(19-4)21-10-7(15)5(3-13)20-11(10)17/h4-17H,3H2,1-2H3/t4-,5-,6-,7-,8+,9+,10+,11+,12-/m0/s1. The summed E-state index contributed by atoms with van der Waals surface area (Å²) in [7, 11) is 1.33. The van der Waals surface area contributed by atoms with Gasteiger partial charge in [-0.05, 0) is 6.92 Å². The highest BCUT2D eigenvalue weighted by Gasteiger charge is 2.49. The van der Waals surface area contributed by atoms with Crippen LogP contribution < -0.4 is 0 Å². The number of methoxy groups -OCH3 is 1. The first-order valence-electron chi connectivity index (χ1n) is 6.73. The second-order valence-electron chi connectivity index (χ2n) is 5.23. The number of hydrogen-bond acceptors (Lipinski definition) is 9. The van der Waals surface area contributed by atoms with Gasteiger partial charge in [-0.15, -0.1) is 0 Å². The van der Waals surface area contributed by atoms with E-state index >= 15 is 0 Å². The Morgan fingerprint density at radius 1 is 0.952 bits per heavy atom. The molecule has 2 saturated heterocycles. The summed E-state index contributed by atoms with van der Waals surface area (Å²) < 4.78 is 20.6. The quantitative estimate of drug-likeness (QED) is 0.366. The molecule has 2 heterocycles. The van der Waals surface area contributed by atoms with Crippen molar-refractivity contribution >= 4 is 0 Å². The van der Waals surface area contributed by atoms with Crippen LogP contribution in [0.15, 0.2) is 0 Å². The third-order valence-corrected chi connectivity index (χ3v) is 3.84. The Kier molecular flexibility index (Phi) is 5.52. The number of ether oxygens (including phenoxy) is 4. The molecule has 0 amide bonds. The molecule has 0 aromatic carbocycles. The van der Waals surface area contributed by atoms with Gasteiger partial charge in [0.25, 0.3) is 0 Å². The lowest BCUT2D eigenvalue weighted by molar-refractivity contribution is -0.321. The maximum atomic E-state index is 10.1. The largest absolute Gasteiger partial charge is 0.394 e. The molecule has 0 bridgehead atoms. The molecule has 9 atom stereocenters. The highest BCUT2D eigenvalue weighted by atomic mass is 16.7. The number of aliphatic hydroxyl groups is 5. The van der Waals surface area contributed by atoms with Crippen LogP contribution in [0.3, 0.4) is 0 Å². The molecule has 5 N–H and O–H groups in total. The smallest absolute Gasteiger partial charge is 0.187 e. The van der Waals surface area contributed by atoms with Gasteiger partial charge in [0.1, 0.15) is 36.6 Å². The summed E-state index contributed by atoms with van der Waals surface area (Å²) in [6.07, 6.45) is -10.1. The SMILES string of the molecule is CO[C@@H]1[C@@H](O)[C@H](C)O[C@@H](O[C@@H]2[C@@H](O)[C@H](CO)O[C@H]2O)[C@@H]1O. The molecule has 124 valence electrons. The fourth-order valence-corrected chi connectivity index (χ4v) is 2.56. The first kappa shape index (κ1) is 17.0. The van der Waals surface area contributed by atoms with Crippen molar-refractivity contribution in [2.45, 2.75) is 62.2 Å². The summed E-state index contributed by atoms with van der Waals surface area (Å²) in [5, 5.41) is 48.5. The Morgan fingerprint density at radius 2 is 1.62 bits per heavy atom. The Bertz CT molecular complexity index is 341. The minimum Gasteiger partial charge on any atom is -0.394 e. The van der Waals surface area contributed by atoms with Crippen LogP contribution in [0.5, 0.6) is 0 Å². The van der Waals surface area contributed by atoms with Crippen molar-refractivity contribution in [3.63, 3.8) is 0 Å². The van der Waals surface area contributed by atoms with E-state index in [0.717, 1.165) is 0 Å². The summed E-state index contributed by atoms with van der Waals surface area (Å²) in [6.45, 7) is 1.09. The van der Waals surface area contributed by atoms with Gasteiger partial charge in [-0.2, -0.15) is 0 Å². The molecule has 0 unspecified atom stereocenters. The number of rotatable bonds is 4. The van der Waals surface area contributed by atoms with Gasteiger partial charge in [-0.3, -0.25) is 0 Å². The van der Waals surface area contributed by atoms with E-state index in [1.165, 1.54) is 7.11 Å². The summed E-state index contributed by atoms with van der Waals surface area (Å²) in [6, 6.07) is 0. The lowest BCUT2D eigenvalue weighted by atomic mass is 9.99. The first-order chi connectivity index (χ1) is 9.90. The van der Waals surface area contributed by atoms with Crippen molar-refractivity contribution in [1.82, 2.24) is 0 Å². The van der Waals surface area contributed by atoms with E-state index < -0.39 is 61.9 Å². The average molecular weight is 310 g/mol. The molecule has 0 aromatic heterocycles. The Balaban J connectivity index is 2.05. The highest BCUT2D eigenvalue weighted by Crippen LogP contribution is 2.29. The molecule has 0 aliphatic carbocycles. The maximum Gasteiger partial charge on any atom is 0.187 e. The Labute approximate surface area is 121 Å². The monoisotopic (exact) mass is 310 g/mol. The highest BCUT2D eigenvalue weighted by molar-refractivity contribution is 4.92. The van der Waals surface area contributed by atoms with Crippen LogP contribution in [-0.4, -0.2) is 94.6 Å². The van der Waals surface area contributed by atoms with Crippen molar-refractivity contribution < 1.29 is 44.5 Å². The minimum atomic E-state index is -1.46. The van der Waals surface area contributed by atoms with Gasteiger partial charge < -0.3 is 44.5 Å². The molecule has 0 spiro atoms. The van der Waals surface area contributed by atoms with Crippen molar-refractivity contribution in [2.24, 2.45) is 0 Å². The molecular weight excluding hydrogens is 288 g/mol. The van der Waals surface area contributed by atoms with Gasteiger partial charge in [-0.1, -0.05) is 0 Å². The van der Waals surface area contributed by atoms with E-state index in [1.54, 1.807) is 6.92 Å². The normalized spacial score (nSPS) is 51.3. The molecule has 21 heavy (non-hydrogen) atoms. The van der Waals surface area contributed by atoms with Crippen LogP contribution >= 0.6 is 0 Å². The zero-order chi connectivity index (χ0) is 15.7. The van der Waals surface area contributed by atoms with E-state index in [9.17, 15) is 20.4 Å². The predicted molar refractivity (Wildman–Crippen MR) is 66.0 cm³/mol. The van der Waals surface area contributed by atoms with Crippen molar-refractivity contribution in [3.05, 3.63) is 0 Å². The fraction of sp³-hybridized carbons (Fsp3) is 1.00. The third kappa shape index (κ3) is 3.21. The van der Waals surface area contributed by atoms with E-state index in [4.69, 9.17) is 24.1 Å². The van der Waals surface area contributed by atoms with Crippen LogP contribution in [-0.2, 0) is 18.9 Å². The maximum absolute atomic E-state index is 10.1. The van der Waals surface area contributed by atoms with Crippen LogP contribution in [0.1, 0.15) is 6.92 Å². The topological polar surface area (TPSA) is 138 Å². The molecule has 0 aromatic rings. The number of hydrogen-bond donors (Lipinski definition) is 5. The summed E-state index contributed by atoms with van der Waals surface area (Å²) >= 11 is 0. The van der Waals surface area contributed by atoms with Crippen molar-refractivity contribution in [3.8, 4) is 0 Å².